The van der Waals surface area contributed by atoms with Crippen molar-refractivity contribution in [2.75, 3.05) is 13.2 Å². The van der Waals surface area contributed by atoms with Crippen LogP contribution in [0.2, 0.25) is 0 Å². The molecule has 0 aliphatic carbocycles. The Bertz CT molecular complexity index is 413. The Balaban J connectivity index is 2.25. The second-order valence-corrected chi connectivity index (χ2v) is 5.16. The molecule has 0 bridgehead atoms. The van der Waals surface area contributed by atoms with Gasteiger partial charge in [-0.25, -0.2) is 4.79 Å². The van der Waals surface area contributed by atoms with Crippen LogP contribution in [0.15, 0.2) is 18.5 Å². The molecule has 0 spiro atoms. The van der Waals surface area contributed by atoms with Crippen LogP contribution in [-0.2, 0) is 11.2 Å². The van der Waals surface area contributed by atoms with Crippen LogP contribution in [0.1, 0.15) is 33.3 Å². The van der Waals surface area contributed by atoms with Crippen LogP contribution >= 0.6 is 0 Å². The number of hydrogen-bond donors (Lipinski definition) is 1. The molecule has 1 aromatic rings. The highest BCUT2D eigenvalue weighted by Gasteiger charge is 2.15. The van der Waals surface area contributed by atoms with E-state index >= 15 is 0 Å². The fourth-order valence-electron chi connectivity index (χ4n) is 1.37. The van der Waals surface area contributed by atoms with Crippen LogP contribution in [0, 0.1) is 0 Å². The van der Waals surface area contributed by atoms with Gasteiger partial charge in [0.05, 0.1) is 12.7 Å². The highest BCUT2D eigenvalue weighted by atomic mass is 16.6. The smallest absolute Gasteiger partial charge is 0.407 e. The Kier molecular flexibility index (Phi) is 5.60. The molecule has 1 aromatic heterocycles. The normalized spacial score (nSPS) is 10.9. The summed E-state index contributed by atoms with van der Waals surface area (Å²) in [5.74, 6) is 0.713. The molecule has 19 heavy (non-hydrogen) atoms. The SMILES string of the molecule is CCc1cncc(OCCNC(=O)OC(C)(C)C)c1. The second-order valence-electron chi connectivity index (χ2n) is 5.16. The lowest BCUT2D eigenvalue weighted by atomic mass is 10.2. The van der Waals surface area contributed by atoms with Crippen LogP contribution in [0.4, 0.5) is 4.79 Å². The number of rotatable bonds is 5. The summed E-state index contributed by atoms with van der Waals surface area (Å²) >= 11 is 0. The first-order valence-corrected chi connectivity index (χ1v) is 6.44. The summed E-state index contributed by atoms with van der Waals surface area (Å²) in [7, 11) is 0. The number of nitrogens with one attached hydrogen (secondary N) is 1. The van der Waals surface area contributed by atoms with Gasteiger partial charge in [0.1, 0.15) is 18.0 Å². The summed E-state index contributed by atoms with van der Waals surface area (Å²) in [5, 5.41) is 2.63. The van der Waals surface area contributed by atoms with Gasteiger partial charge in [-0.15, -0.1) is 0 Å². The Morgan fingerprint density at radius 3 is 2.74 bits per heavy atom. The van der Waals surface area contributed by atoms with Gasteiger partial charge in [0, 0.05) is 6.20 Å². The molecule has 1 N–H and O–H groups in total. The summed E-state index contributed by atoms with van der Waals surface area (Å²) in [5.41, 5.74) is 0.641. The predicted octanol–water partition coefficient (Wildman–Crippen LogP) is 2.55. The third-order valence-electron chi connectivity index (χ3n) is 2.22. The van der Waals surface area contributed by atoms with Crippen molar-refractivity contribution in [3.8, 4) is 5.75 Å². The van der Waals surface area contributed by atoms with Crippen LogP contribution in [0.5, 0.6) is 5.75 Å². The summed E-state index contributed by atoms with van der Waals surface area (Å²) < 4.78 is 10.6. The van der Waals surface area contributed by atoms with E-state index < -0.39 is 11.7 Å². The average molecular weight is 266 g/mol. The number of hydrogen-bond acceptors (Lipinski definition) is 4. The number of ether oxygens (including phenoxy) is 2. The van der Waals surface area contributed by atoms with Crippen molar-refractivity contribution >= 4 is 6.09 Å². The van der Waals surface area contributed by atoms with Crippen molar-refractivity contribution in [2.45, 2.75) is 39.7 Å². The second kappa shape index (κ2) is 6.97. The summed E-state index contributed by atoms with van der Waals surface area (Å²) in [6.07, 6.45) is 3.95. The zero-order chi connectivity index (χ0) is 14.3. The van der Waals surface area contributed by atoms with Crippen molar-refractivity contribution in [1.82, 2.24) is 10.3 Å². The van der Waals surface area contributed by atoms with E-state index in [2.05, 4.69) is 17.2 Å². The number of nitrogens with zero attached hydrogens (tertiary/aromatic N) is 1. The van der Waals surface area contributed by atoms with Crippen molar-refractivity contribution < 1.29 is 14.3 Å². The molecule has 0 radical (unpaired) electrons. The molecule has 0 saturated carbocycles. The van der Waals surface area contributed by atoms with Crippen LogP contribution in [0.25, 0.3) is 0 Å². The third kappa shape index (κ3) is 6.64. The molecule has 0 aliphatic heterocycles. The number of alkyl carbamates (subject to hydrolysis) is 1. The van der Waals surface area contributed by atoms with E-state index in [0.29, 0.717) is 18.9 Å². The molecular weight excluding hydrogens is 244 g/mol. The van der Waals surface area contributed by atoms with Crippen LogP contribution < -0.4 is 10.1 Å². The van der Waals surface area contributed by atoms with Gasteiger partial charge >= 0.3 is 6.09 Å². The van der Waals surface area contributed by atoms with E-state index in [9.17, 15) is 4.79 Å². The van der Waals surface area contributed by atoms with E-state index in [-0.39, 0.29) is 0 Å². The van der Waals surface area contributed by atoms with Gasteiger partial charge in [-0.05, 0) is 38.8 Å². The van der Waals surface area contributed by atoms with E-state index in [1.54, 1.807) is 6.20 Å². The standard InChI is InChI=1S/C14H22N2O3/c1-5-11-8-12(10-15-9-11)18-7-6-16-13(17)19-14(2,3)4/h8-10H,5-7H2,1-4H3,(H,16,17). The van der Waals surface area contributed by atoms with Crippen LogP contribution in [-0.4, -0.2) is 29.8 Å². The molecule has 106 valence electrons. The molecule has 1 rings (SSSR count). The lowest BCUT2D eigenvalue weighted by molar-refractivity contribution is 0.0520. The lowest BCUT2D eigenvalue weighted by Crippen LogP contribution is -2.34. The van der Waals surface area contributed by atoms with Gasteiger partial charge in [-0.1, -0.05) is 6.92 Å². The molecule has 5 heteroatoms. The monoisotopic (exact) mass is 266 g/mol. The fraction of sp³-hybridized carbons (Fsp3) is 0.571. The largest absolute Gasteiger partial charge is 0.490 e. The number of aryl methyl sites for hydroxylation is 1. The first-order chi connectivity index (χ1) is 8.90. The quantitative estimate of drug-likeness (QED) is 0.832. The van der Waals surface area contributed by atoms with E-state index in [4.69, 9.17) is 9.47 Å². The van der Waals surface area contributed by atoms with Gasteiger partial charge < -0.3 is 14.8 Å². The maximum atomic E-state index is 11.4. The minimum atomic E-state index is -0.482. The van der Waals surface area contributed by atoms with Gasteiger partial charge in [-0.3, -0.25) is 4.98 Å². The first-order valence-electron chi connectivity index (χ1n) is 6.44. The molecule has 0 aliphatic rings. The predicted molar refractivity (Wildman–Crippen MR) is 73.3 cm³/mol. The molecule has 0 fully saturated rings. The number of carbonyl (C=O) groups is 1. The molecule has 5 nitrogen and oxygen atoms in total. The minimum absolute atomic E-state index is 0.383. The lowest BCUT2D eigenvalue weighted by Gasteiger charge is -2.19. The number of carbonyl (C=O) groups excluding carboxylic acids is 1. The highest BCUT2D eigenvalue weighted by molar-refractivity contribution is 5.67. The highest BCUT2D eigenvalue weighted by Crippen LogP contribution is 2.11. The van der Waals surface area contributed by atoms with Gasteiger partial charge in [-0.2, -0.15) is 0 Å². The van der Waals surface area contributed by atoms with E-state index in [1.165, 1.54) is 0 Å². The third-order valence-corrected chi connectivity index (χ3v) is 2.22. The maximum Gasteiger partial charge on any atom is 0.407 e. The number of amides is 1. The zero-order valence-electron chi connectivity index (χ0n) is 12.0. The molecule has 0 atom stereocenters. The Morgan fingerprint density at radius 1 is 1.37 bits per heavy atom. The molecule has 0 saturated heterocycles. The minimum Gasteiger partial charge on any atom is -0.490 e. The first kappa shape index (κ1) is 15.3. The Labute approximate surface area is 114 Å². The average Bonchev–Trinajstić information content (AvgIpc) is 2.33. The fourth-order valence-corrected chi connectivity index (χ4v) is 1.37. The van der Waals surface area contributed by atoms with E-state index in [1.807, 2.05) is 33.0 Å². The molecule has 1 amide bonds. The van der Waals surface area contributed by atoms with Gasteiger partial charge in [0.15, 0.2) is 0 Å². The van der Waals surface area contributed by atoms with Crippen LogP contribution in [0.3, 0.4) is 0 Å². The van der Waals surface area contributed by atoms with Crippen molar-refractivity contribution in [2.24, 2.45) is 0 Å². The topological polar surface area (TPSA) is 60.5 Å². The number of pyridine rings is 1. The number of aromatic nitrogens is 1. The van der Waals surface area contributed by atoms with Crippen molar-refractivity contribution in [1.29, 1.82) is 0 Å². The zero-order valence-corrected chi connectivity index (χ0v) is 12.0. The van der Waals surface area contributed by atoms with E-state index in [0.717, 1.165) is 12.0 Å². The molecule has 0 unspecified atom stereocenters. The van der Waals surface area contributed by atoms with Crippen molar-refractivity contribution in [3.63, 3.8) is 0 Å². The Hall–Kier alpha value is -1.78. The summed E-state index contributed by atoms with van der Waals surface area (Å²) in [6.45, 7) is 8.31. The Morgan fingerprint density at radius 2 is 2.11 bits per heavy atom. The van der Waals surface area contributed by atoms with Crippen molar-refractivity contribution in [3.05, 3.63) is 24.0 Å². The molecule has 1 heterocycles. The summed E-state index contributed by atoms with van der Waals surface area (Å²) in [6, 6.07) is 1.94. The molecule has 0 aromatic carbocycles. The summed E-state index contributed by atoms with van der Waals surface area (Å²) in [4.78, 5) is 15.4. The van der Waals surface area contributed by atoms with Gasteiger partial charge in [0.25, 0.3) is 0 Å². The molecular formula is C14H22N2O3. The maximum absolute atomic E-state index is 11.4. The van der Waals surface area contributed by atoms with Gasteiger partial charge in [0.2, 0.25) is 0 Å².